The van der Waals surface area contributed by atoms with Gasteiger partial charge < -0.3 is 39.9 Å². The summed E-state index contributed by atoms with van der Waals surface area (Å²) >= 11 is 0. The van der Waals surface area contributed by atoms with Crippen molar-refractivity contribution in [2.75, 3.05) is 33.1 Å². The zero-order chi connectivity index (χ0) is 32.7. The highest BCUT2D eigenvalue weighted by molar-refractivity contribution is 6.24. The Balaban J connectivity index is 1.53. The highest BCUT2D eigenvalue weighted by atomic mass is 16.4. The van der Waals surface area contributed by atoms with Gasteiger partial charge in [-0.25, -0.2) is 4.98 Å². The lowest BCUT2D eigenvalue weighted by Crippen LogP contribution is -2.65. The number of carboxylic acids is 1. The second-order valence-corrected chi connectivity index (χ2v) is 12.1. The number of aliphatic hydroxyl groups excluding tert-OH is 2. The summed E-state index contributed by atoms with van der Waals surface area (Å²) in [5.74, 6) is -6.79. The number of likely N-dealkylation sites (N-methyl/N-ethyl adjacent to an activating group) is 1. The molecule has 0 spiro atoms. The normalized spacial score (nSPS) is 24.6. The number of ketones is 2. The van der Waals surface area contributed by atoms with Crippen molar-refractivity contribution >= 4 is 46.0 Å². The number of hydrogen-bond donors (Lipinski definition) is 5. The van der Waals surface area contributed by atoms with Crippen molar-refractivity contribution in [2.45, 2.75) is 37.3 Å². The predicted octanol–water partition coefficient (Wildman–Crippen LogP) is 1.74. The molecule has 2 aromatic heterocycles. The van der Waals surface area contributed by atoms with Crippen LogP contribution in [0.1, 0.15) is 29.7 Å². The van der Waals surface area contributed by atoms with Crippen molar-refractivity contribution in [2.24, 2.45) is 17.6 Å². The highest BCUT2D eigenvalue weighted by Crippen LogP contribution is 2.53. The number of hydrogen-bond acceptors (Lipinski definition) is 12. The second-order valence-electron chi connectivity index (χ2n) is 12.1. The molecule has 1 aromatic carbocycles. The Morgan fingerprint density at radius 3 is 2.47 bits per heavy atom. The van der Waals surface area contributed by atoms with E-state index in [0.717, 1.165) is 0 Å². The fraction of sp³-hybridized carbons (Fsp3) is 0.387. The summed E-state index contributed by atoms with van der Waals surface area (Å²) in [6, 6.07) is 3.83. The molecule has 3 aliphatic rings. The number of aliphatic carboxylic acids is 1. The van der Waals surface area contributed by atoms with Crippen LogP contribution in [-0.2, 0) is 32.0 Å². The molecule has 14 heteroatoms. The van der Waals surface area contributed by atoms with E-state index in [2.05, 4.69) is 4.98 Å². The van der Waals surface area contributed by atoms with Crippen LogP contribution >= 0.6 is 0 Å². The van der Waals surface area contributed by atoms with E-state index in [9.17, 15) is 34.5 Å². The van der Waals surface area contributed by atoms with Crippen LogP contribution in [0.25, 0.3) is 28.5 Å². The summed E-state index contributed by atoms with van der Waals surface area (Å²) in [7, 11) is 6.73. The average Bonchev–Trinajstić information content (AvgIpc) is 3.60. The fourth-order valence-corrected chi connectivity index (χ4v) is 7.04. The lowest BCUT2D eigenvalue weighted by Gasteiger charge is -2.50. The van der Waals surface area contributed by atoms with E-state index in [4.69, 9.17) is 19.7 Å². The maximum Gasteiger partial charge on any atom is 0.303 e. The molecule has 14 nitrogen and oxygen atoms in total. The van der Waals surface area contributed by atoms with Gasteiger partial charge in [-0.2, -0.15) is 0 Å². The summed E-state index contributed by atoms with van der Waals surface area (Å²) in [6.45, 7) is 0. The summed E-state index contributed by atoms with van der Waals surface area (Å²) in [6.07, 6.45) is 0.270. The van der Waals surface area contributed by atoms with Crippen molar-refractivity contribution in [1.29, 1.82) is 0 Å². The summed E-state index contributed by atoms with van der Waals surface area (Å²) in [5, 5.41) is 43.8. The third-order valence-corrected chi connectivity index (χ3v) is 9.02. The number of Topliss-reactive ketones (excluding diaryl/α,β-unsaturated/α-hetero) is 2. The van der Waals surface area contributed by atoms with Gasteiger partial charge in [0.25, 0.3) is 11.8 Å². The van der Waals surface area contributed by atoms with Gasteiger partial charge in [-0.05, 0) is 56.6 Å². The lowest BCUT2D eigenvalue weighted by atomic mass is 9.57. The molecule has 6 rings (SSSR count). The predicted molar refractivity (Wildman–Crippen MR) is 158 cm³/mol. The molecule has 1 saturated carbocycles. The van der Waals surface area contributed by atoms with Gasteiger partial charge in [-0.15, -0.1) is 0 Å². The SMILES string of the molecule is CN(C)c1cc2nc(-c3ccc(CCC(=O)O)o3)oc2c2c1C[C@H]1C[C@H]3[C@H](N(C)C)C(=O)C(C(N)=O)=C(O)[C@@]3(O)C(=O)C1=C2O. The molecule has 2 heterocycles. The average molecular weight is 621 g/mol. The molecule has 4 atom stereocenters. The van der Waals surface area contributed by atoms with Crippen LogP contribution in [0.15, 0.2) is 43.9 Å². The number of carbonyl (C=O) groups is 4. The number of amides is 1. The zero-order valence-corrected chi connectivity index (χ0v) is 24.9. The van der Waals surface area contributed by atoms with Gasteiger partial charge >= 0.3 is 5.97 Å². The summed E-state index contributed by atoms with van der Waals surface area (Å²) < 4.78 is 11.9. The van der Waals surface area contributed by atoms with Crippen LogP contribution in [0.4, 0.5) is 5.69 Å². The first-order chi connectivity index (χ1) is 21.2. The summed E-state index contributed by atoms with van der Waals surface area (Å²) in [4.78, 5) is 58.6. The van der Waals surface area contributed by atoms with Gasteiger partial charge in [-0.3, -0.25) is 24.1 Å². The van der Waals surface area contributed by atoms with Crippen molar-refractivity contribution < 1.29 is 48.4 Å². The maximum absolute atomic E-state index is 14.2. The topological polar surface area (TPSA) is 221 Å². The van der Waals surface area contributed by atoms with Crippen LogP contribution in [-0.4, -0.2) is 93.6 Å². The first-order valence-corrected chi connectivity index (χ1v) is 14.3. The Hall–Kier alpha value is -4.95. The molecule has 0 radical (unpaired) electrons. The minimum atomic E-state index is -2.70. The standard InChI is InChI=1S/C31H32N4O10/c1-34(2)17-11-16-26(45-30(33-16)18-7-5-13(44-18)6-8-19(36)37)21-14(17)9-12-10-15-23(35(3)4)25(39)22(29(32)42)28(41)31(15,43)27(40)20(12)24(21)38/h5,7,11-12,15,23,38,41,43H,6,8-10H2,1-4H3,(H2,32,42)(H,36,37)/t12-,15-,23-,31-/m0/s1. The first kappa shape index (κ1) is 30.1. The third kappa shape index (κ3) is 4.35. The number of benzene rings is 1. The molecule has 0 bridgehead atoms. The van der Waals surface area contributed by atoms with Gasteiger partial charge in [0.2, 0.25) is 5.78 Å². The Kier molecular flexibility index (Phi) is 6.89. The number of oxazole rings is 1. The lowest BCUT2D eigenvalue weighted by molar-refractivity contribution is -0.153. The van der Waals surface area contributed by atoms with E-state index in [1.54, 1.807) is 46.4 Å². The number of nitrogens with two attached hydrogens (primary N) is 1. The molecule has 3 aliphatic carbocycles. The van der Waals surface area contributed by atoms with Crippen LogP contribution in [0.2, 0.25) is 0 Å². The molecule has 45 heavy (non-hydrogen) atoms. The fourth-order valence-electron chi connectivity index (χ4n) is 7.04. The molecule has 0 saturated heterocycles. The number of carboxylic acid groups (broad SMARTS) is 1. The van der Waals surface area contributed by atoms with Crippen molar-refractivity contribution in [3.8, 4) is 11.7 Å². The van der Waals surface area contributed by atoms with E-state index < -0.39 is 64.0 Å². The van der Waals surface area contributed by atoms with Crippen molar-refractivity contribution in [3.63, 3.8) is 0 Å². The maximum atomic E-state index is 14.2. The van der Waals surface area contributed by atoms with Crippen LogP contribution in [0.5, 0.6) is 0 Å². The molecule has 1 fully saturated rings. The van der Waals surface area contributed by atoms with E-state index in [-0.39, 0.29) is 54.1 Å². The smallest absolute Gasteiger partial charge is 0.303 e. The number of carbonyl (C=O) groups excluding carboxylic acids is 3. The molecular formula is C31H32N4O10. The highest BCUT2D eigenvalue weighted by Gasteiger charge is 2.64. The first-order valence-electron chi connectivity index (χ1n) is 14.3. The molecule has 3 aromatic rings. The monoisotopic (exact) mass is 620 g/mol. The van der Waals surface area contributed by atoms with Crippen molar-refractivity contribution in [1.82, 2.24) is 9.88 Å². The van der Waals surface area contributed by atoms with Gasteiger partial charge in [-0.1, -0.05) is 0 Å². The molecule has 1 amide bonds. The third-order valence-electron chi connectivity index (χ3n) is 9.02. The molecule has 0 unspecified atom stereocenters. The minimum absolute atomic E-state index is 0.0177. The quantitative estimate of drug-likeness (QED) is 0.238. The second kappa shape index (κ2) is 10.3. The van der Waals surface area contributed by atoms with E-state index in [0.29, 0.717) is 22.5 Å². The number of aromatic nitrogens is 1. The van der Waals surface area contributed by atoms with Gasteiger partial charge in [0.15, 0.2) is 22.7 Å². The Morgan fingerprint density at radius 1 is 1.13 bits per heavy atom. The van der Waals surface area contributed by atoms with Crippen molar-refractivity contribution in [3.05, 3.63) is 52.0 Å². The van der Waals surface area contributed by atoms with Gasteiger partial charge in [0.1, 0.15) is 28.4 Å². The number of aryl methyl sites for hydroxylation is 1. The summed E-state index contributed by atoms with van der Waals surface area (Å²) in [5.41, 5.74) is 3.65. The number of furan rings is 1. The van der Waals surface area contributed by atoms with Gasteiger partial charge in [0, 0.05) is 37.7 Å². The largest absolute Gasteiger partial charge is 0.508 e. The number of fused-ring (bicyclic) bond motifs is 5. The molecule has 236 valence electrons. The van der Waals surface area contributed by atoms with Crippen LogP contribution in [0.3, 0.4) is 0 Å². The number of anilines is 1. The number of aliphatic hydroxyl groups is 3. The van der Waals surface area contributed by atoms with Crippen LogP contribution in [0, 0.1) is 11.8 Å². The molecule has 6 N–H and O–H groups in total. The Labute approximate surface area is 256 Å². The minimum Gasteiger partial charge on any atom is -0.508 e. The zero-order valence-electron chi connectivity index (χ0n) is 24.9. The molecular weight excluding hydrogens is 588 g/mol. The number of nitrogens with zero attached hydrogens (tertiary/aromatic N) is 3. The molecule has 0 aliphatic heterocycles. The Morgan fingerprint density at radius 2 is 1.84 bits per heavy atom. The van der Waals surface area contributed by atoms with Gasteiger partial charge in [0.05, 0.1) is 18.0 Å². The Bertz CT molecular complexity index is 1880. The number of rotatable bonds is 7. The van der Waals surface area contributed by atoms with E-state index in [1.807, 2.05) is 4.90 Å². The van der Waals surface area contributed by atoms with E-state index >= 15 is 0 Å². The van der Waals surface area contributed by atoms with Crippen LogP contribution < -0.4 is 10.6 Å². The number of primary amides is 1. The van der Waals surface area contributed by atoms with E-state index in [1.165, 1.54) is 4.90 Å².